The molecular weight excluding hydrogens is 300 g/mol. The van der Waals surface area contributed by atoms with Gasteiger partial charge in [0.05, 0.1) is 6.61 Å². The van der Waals surface area contributed by atoms with E-state index >= 15 is 0 Å². The van der Waals surface area contributed by atoms with Gasteiger partial charge in [0.2, 0.25) is 0 Å². The van der Waals surface area contributed by atoms with Crippen LogP contribution in [0.15, 0.2) is 60.8 Å². The predicted molar refractivity (Wildman–Crippen MR) is 97.7 cm³/mol. The summed E-state index contributed by atoms with van der Waals surface area (Å²) >= 11 is 0. The van der Waals surface area contributed by atoms with Crippen molar-refractivity contribution in [3.8, 4) is 5.75 Å². The normalized spacial score (nSPS) is 20.4. The van der Waals surface area contributed by atoms with Crippen LogP contribution in [0.2, 0.25) is 0 Å². The topological polar surface area (TPSA) is 55.5 Å². The molecule has 2 aromatic rings. The van der Waals surface area contributed by atoms with Crippen LogP contribution < -0.4 is 15.1 Å². The van der Waals surface area contributed by atoms with Gasteiger partial charge in [0.1, 0.15) is 18.5 Å². The Balaban J connectivity index is 1.66. The lowest BCUT2D eigenvalue weighted by atomic mass is 10.0. The second-order valence-electron chi connectivity index (χ2n) is 6.42. The molecule has 3 N–H and O–H groups in total. The number of benzene rings is 2. The highest BCUT2D eigenvalue weighted by atomic mass is 16.5. The molecule has 0 saturated heterocycles. The van der Waals surface area contributed by atoms with Crippen molar-refractivity contribution in [1.82, 2.24) is 4.65 Å². The standard InChI is InChI=1S/C20H25N2O2/c1-16(21)14-17-15-22(23,20-11-6-5-10-19(17)20)12-7-13-24-18-8-3-2-4-9-18/h2-6,8-11,15-16,23H,7,12-14,21H2,1H3/q+1/t16-,22?/m1/s1. The van der Waals surface area contributed by atoms with E-state index in [0.717, 1.165) is 35.4 Å². The number of fused-ring (bicyclic) bond motifs is 1. The summed E-state index contributed by atoms with van der Waals surface area (Å²) in [5.41, 5.74) is 9.09. The fourth-order valence-corrected chi connectivity index (χ4v) is 3.19. The molecule has 0 bridgehead atoms. The average molecular weight is 325 g/mol. The lowest BCUT2D eigenvalue weighted by Crippen LogP contribution is -2.40. The van der Waals surface area contributed by atoms with E-state index < -0.39 is 0 Å². The van der Waals surface area contributed by atoms with E-state index in [2.05, 4.69) is 6.07 Å². The third-order valence-electron chi connectivity index (χ3n) is 4.23. The zero-order valence-electron chi connectivity index (χ0n) is 14.1. The van der Waals surface area contributed by atoms with Crippen LogP contribution in [0, 0.1) is 0 Å². The van der Waals surface area contributed by atoms with Crippen LogP contribution in [0.4, 0.5) is 5.69 Å². The van der Waals surface area contributed by atoms with Gasteiger partial charge in [0, 0.05) is 29.7 Å². The van der Waals surface area contributed by atoms with Crippen LogP contribution in [-0.4, -0.2) is 24.4 Å². The SMILES string of the molecule is C[C@@H](N)CC1=C[N+](O)(CCCOc2ccccc2)c2ccccc21. The summed E-state index contributed by atoms with van der Waals surface area (Å²) in [7, 11) is 0. The molecule has 126 valence electrons. The van der Waals surface area contributed by atoms with Crippen molar-refractivity contribution in [2.45, 2.75) is 25.8 Å². The minimum Gasteiger partial charge on any atom is -0.493 e. The van der Waals surface area contributed by atoms with Crippen molar-refractivity contribution < 1.29 is 9.94 Å². The molecule has 1 aliphatic heterocycles. The summed E-state index contributed by atoms with van der Waals surface area (Å²) in [6, 6.07) is 17.8. The van der Waals surface area contributed by atoms with Crippen molar-refractivity contribution in [2.24, 2.45) is 5.73 Å². The lowest BCUT2D eigenvalue weighted by Gasteiger charge is -2.23. The second-order valence-corrected chi connectivity index (χ2v) is 6.42. The smallest absolute Gasteiger partial charge is 0.177 e. The highest BCUT2D eigenvalue weighted by molar-refractivity contribution is 5.81. The van der Waals surface area contributed by atoms with Crippen molar-refractivity contribution in [1.29, 1.82) is 0 Å². The maximum atomic E-state index is 11.1. The highest BCUT2D eigenvalue weighted by Gasteiger charge is 2.37. The number of nitrogens with two attached hydrogens (primary N) is 1. The zero-order chi connectivity index (χ0) is 17.0. The molecule has 0 amide bonds. The molecule has 0 spiro atoms. The maximum absolute atomic E-state index is 11.1. The van der Waals surface area contributed by atoms with Crippen LogP contribution in [0.25, 0.3) is 5.57 Å². The zero-order valence-corrected chi connectivity index (χ0v) is 14.1. The molecule has 4 nitrogen and oxygen atoms in total. The fraction of sp³-hybridized carbons (Fsp3) is 0.300. The first kappa shape index (κ1) is 16.7. The number of hydrogen-bond acceptors (Lipinski definition) is 3. The van der Waals surface area contributed by atoms with Crippen molar-refractivity contribution >= 4 is 11.3 Å². The Hall–Kier alpha value is -2.14. The first-order chi connectivity index (χ1) is 11.6. The fourth-order valence-electron chi connectivity index (χ4n) is 3.19. The number of hydrogen-bond donors (Lipinski definition) is 2. The van der Waals surface area contributed by atoms with Crippen molar-refractivity contribution in [2.75, 3.05) is 13.2 Å². The van der Waals surface area contributed by atoms with Gasteiger partial charge in [-0.3, -0.25) is 0 Å². The van der Waals surface area contributed by atoms with E-state index in [-0.39, 0.29) is 10.7 Å². The molecule has 0 fully saturated rings. The minimum absolute atomic E-state index is 0.0669. The van der Waals surface area contributed by atoms with E-state index in [1.54, 1.807) is 0 Å². The Labute approximate surface area is 143 Å². The monoisotopic (exact) mass is 325 g/mol. The van der Waals surface area contributed by atoms with Crippen molar-refractivity contribution in [3.05, 3.63) is 66.4 Å². The number of rotatable bonds is 7. The van der Waals surface area contributed by atoms with E-state index in [1.165, 1.54) is 0 Å². The summed E-state index contributed by atoms with van der Waals surface area (Å²) in [6.07, 6.45) is 3.44. The van der Waals surface area contributed by atoms with Gasteiger partial charge < -0.3 is 10.5 Å². The molecule has 0 aliphatic carbocycles. The summed E-state index contributed by atoms with van der Waals surface area (Å²) in [5, 5.41) is 11.1. The van der Waals surface area contributed by atoms with Gasteiger partial charge in [-0.05, 0) is 31.5 Å². The third kappa shape index (κ3) is 3.67. The molecule has 2 aromatic carbocycles. The molecule has 0 aromatic heterocycles. The quantitative estimate of drug-likeness (QED) is 0.599. The van der Waals surface area contributed by atoms with Gasteiger partial charge in [-0.2, -0.15) is 0 Å². The van der Waals surface area contributed by atoms with E-state index in [4.69, 9.17) is 10.5 Å². The van der Waals surface area contributed by atoms with Crippen LogP contribution >= 0.6 is 0 Å². The molecule has 1 aliphatic rings. The molecular formula is C20H25N2O2+. The number of ether oxygens (including phenoxy) is 1. The molecule has 1 heterocycles. The highest BCUT2D eigenvalue weighted by Crippen LogP contribution is 2.40. The molecule has 3 rings (SSSR count). The Bertz CT molecular complexity index is 713. The Morgan fingerprint density at radius 2 is 1.79 bits per heavy atom. The molecule has 4 heteroatoms. The Morgan fingerprint density at radius 1 is 1.08 bits per heavy atom. The first-order valence-electron chi connectivity index (χ1n) is 8.44. The van der Waals surface area contributed by atoms with Gasteiger partial charge >= 0.3 is 0 Å². The second kappa shape index (κ2) is 7.18. The van der Waals surface area contributed by atoms with Crippen LogP contribution in [0.5, 0.6) is 5.75 Å². The molecule has 2 atom stereocenters. The molecule has 0 radical (unpaired) electrons. The van der Waals surface area contributed by atoms with Crippen LogP contribution in [-0.2, 0) is 0 Å². The predicted octanol–water partition coefficient (Wildman–Crippen LogP) is 3.94. The van der Waals surface area contributed by atoms with E-state index in [9.17, 15) is 5.21 Å². The van der Waals surface area contributed by atoms with Gasteiger partial charge in [-0.1, -0.05) is 30.3 Å². The summed E-state index contributed by atoms with van der Waals surface area (Å²) in [4.78, 5) is 0. The molecule has 1 unspecified atom stereocenters. The number of para-hydroxylation sites is 2. The van der Waals surface area contributed by atoms with E-state index in [0.29, 0.717) is 13.2 Å². The number of quaternary nitrogens is 1. The number of hydroxylamine groups is 2. The van der Waals surface area contributed by atoms with Crippen molar-refractivity contribution in [3.63, 3.8) is 0 Å². The average Bonchev–Trinajstić information content (AvgIpc) is 2.85. The van der Waals surface area contributed by atoms with Gasteiger partial charge in [-0.25, -0.2) is 5.21 Å². The Morgan fingerprint density at radius 3 is 2.54 bits per heavy atom. The van der Waals surface area contributed by atoms with E-state index in [1.807, 2.05) is 61.7 Å². The maximum Gasteiger partial charge on any atom is 0.177 e. The summed E-state index contributed by atoms with van der Waals surface area (Å²) in [5.74, 6) is 0.858. The largest absolute Gasteiger partial charge is 0.493 e. The third-order valence-corrected chi connectivity index (χ3v) is 4.23. The first-order valence-corrected chi connectivity index (χ1v) is 8.44. The number of nitrogens with zero attached hydrogens (tertiary/aromatic N) is 1. The lowest BCUT2D eigenvalue weighted by molar-refractivity contribution is -0.0315. The van der Waals surface area contributed by atoms with Gasteiger partial charge in [0.15, 0.2) is 5.69 Å². The summed E-state index contributed by atoms with van der Waals surface area (Å²) < 4.78 is 5.56. The Kier molecular flexibility index (Phi) is 5.00. The minimum atomic E-state index is -0.170. The summed E-state index contributed by atoms with van der Waals surface area (Å²) in [6.45, 7) is 3.14. The molecule has 0 saturated carbocycles. The molecule has 24 heavy (non-hydrogen) atoms. The van der Waals surface area contributed by atoms with Gasteiger partial charge in [0.25, 0.3) is 0 Å². The van der Waals surface area contributed by atoms with Gasteiger partial charge in [-0.15, -0.1) is 4.65 Å². The van der Waals surface area contributed by atoms with Crippen LogP contribution in [0.3, 0.4) is 0 Å². The van der Waals surface area contributed by atoms with Crippen LogP contribution in [0.1, 0.15) is 25.3 Å².